The monoisotopic (exact) mass is 283 g/mol. The summed E-state index contributed by atoms with van der Waals surface area (Å²) < 4.78 is 0. The van der Waals surface area contributed by atoms with Crippen molar-refractivity contribution < 1.29 is 14.4 Å². The number of alkyl halides is 1. The first-order valence-electron chi connectivity index (χ1n) is 4.86. The summed E-state index contributed by atoms with van der Waals surface area (Å²) >= 11 is 3.12. The summed E-state index contributed by atoms with van der Waals surface area (Å²) in [6, 6.07) is 9.39. The average Bonchev–Trinajstić information content (AvgIpc) is 2.53. The zero-order valence-electron chi connectivity index (χ0n) is 8.43. The number of carbonyl (C=O) groups excluding carboxylic acids is 2. The maximum absolute atomic E-state index is 11.5. The van der Waals surface area contributed by atoms with Crippen molar-refractivity contribution in [2.24, 2.45) is 0 Å². The van der Waals surface area contributed by atoms with E-state index in [4.69, 9.17) is 4.84 Å². The fraction of sp³-hybridized carbons (Fsp3) is 0.273. The molecule has 1 aliphatic rings. The van der Waals surface area contributed by atoms with Gasteiger partial charge in [-0.1, -0.05) is 46.3 Å². The van der Waals surface area contributed by atoms with Gasteiger partial charge < -0.3 is 0 Å². The molecule has 0 radical (unpaired) electrons. The molecule has 1 saturated heterocycles. The van der Waals surface area contributed by atoms with Crippen LogP contribution in [-0.4, -0.2) is 21.7 Å². The number of halogens is 1. The Balaban J connectivity index is 1.96. The van der Waals surface area contributed by atoms with Gasteiger partial charge in [0, 0.05) is 0 Å². The largest absolute Gasteiger partial charge is 0.272 e. The van der Waals surface area contributed by atoms with E-state index < -0.39 is 4.83 Å². The Morgan fingerprint density at radius 1 is 1.31 bits per heavy atom. The van der Waals surface area contributed by atoms with Gasteiger partial charge in [-0.15, -0.1) is 0 Å². The molecule has 16 heavy (non-hydrogen) atoms. The van der Waals surface area contributed by atoms with Crippen molar-refractivity contribution in [1.82, 2.24) is 5.06 Å². The zero-order valence-corrected chi connectivity index (χ0v) is 10.0. The third-order valence-corrected chi connectivity index (χ3v) is 2.97. The molecule has 1 aromatic carbocycles. The van der Waals surface area contributed by atoms with E-state index in [1.807, 2.05) is 30.3 Å². The molecule has 1 atom stereocenters. The van der Waals surface area contributed by atoms with Crippen LogP contribution in [-0.2, 0) is 21.0 Å². The molecule has 0 aliphatic carbocycles. The SMILES string of the molecule is O=C1CC(Br)C(=O)N1OCc1ccccc1. The predicted molar refractivity (Wildman–Crippen MR) is 60.4 cm³/mol. The molecule has 1 unspecified atom stereocenters. The van der Waals surface area contributed by atoms with Crippen LogP contribution in [0.15, 0.2) is 30.3 Å². The standard InChI is InChI=1S/C11H10BrNO3/c12-9-6-10(14)13(11(9)15)16-7-8-4-2-1-3-5-8/h1-5,9H,6-7H2. The molecule has 1 fully saturated rings. The average molecular weight is 284 g/mol. The number of hydrogen-bond acceptors (Lipinski definition) is 3. The predicted octanol–water partition coefficient (Wildman–Crippen LogP) is 1.64. The molecular weight excluding hydrogens is 274 g/mol. The number of amides is 2. The van der Waals surface area contributed by atoms with Crippen LogP contribution >= 0.6 is 15.9 Å². The zero-order chi connectivity index (χ0) is 11.5. The van der Waals surface area contributed by atoms with Crippen molar-refractivity contribution in [3.8, 4) is 0 Å². The van der Waals surface area contributed by atoms with Gasteiger partial charge in [-0.25, -0.2) is 0 Å². The van der Waals surface area contributed by atoms with Gasteiger partial charge in [-0.05, 0) is 5.56 Å². The lowest BCUT2D eigenvalue weighted by Gasteiger charge is -2.13. The quantitative estimate of drug-likeness (QED) is 0.626. The van der Waals surface area contributed by atoms with Gasteiger partial charge in [0.2, 0.25) is 0 Å². The van der Waals surface area contributed by atoms with E-state index in [1.54, 1.807) is 0 Å². The number of nitrogens with zero attached hydrogens (tertiary/aromatic N) is 1. The Kier molecular flexibility index (Phi) is 3.36. The van der Waals surface area contributed by atoms with Gasteiger partial charge in [0.1, 0.15) is 11.4 Å². The molecular formula is C11H10BrNO3. The Labute approximate surface area is 101 Å². The van der Waals surface area contributed by atoms with Crippen LogP contribution in [0.1, 0.15) is 12.0 Å². The highest BCUT2D eigenvalue weighted by Gasteiger charge is 2.38. The molecule has 1 heterocycles. The minimum atomic E-state index is -0.448. The minimum Gasteiger partial charge on any atom is -0.272 e. The summed E-state index contributed by atoms with van der Waals surface area (Å²) in [7, 11) is 0. The molecule has 0 bridgehead atoms. The second-order valence-corrected chi connectivity index (χ2v) is 4.56. The van der Waals surface area contributed by atoms with Crippen LogP contribution < -0.4 is 0 Å². The normalized spacial score (nSPS) is 20.6. The minimum absolute atomic E-state index is 0.160. The third kappa shape index (κ3) is 2.31. The molecule has 84 valence electrons. The van der Waals surface area contributed by atoms with Crippen molar-refractivity contribution in [3.63, 3.8) is 0 Å². The number of imide groups is 1. The highest BCUT2D eigenvalue weighted by molar-refractivity contribution is 9.10. The van der Waals surface area contributed by atoms with Crippen molar-refractivity contribution in [2.45, 2.75) is 17.9 Å². The lowest BCUT2D eigenvalue weighted by atomic mass is 10.2. The number of rotatable bonds is 3. The number of hydroxylamine groups is 2. The van der Waals surface area contributed by atoms with E-state index in [1.165, 1.54) is 0 Å². The maximum Gasteiger partial charge on any atom is 0.267 e. The second-order valence-electron chi connectivity index (χ2n) is 3.46. The van der Waals surface area contributed by atoms with Crippen molar-refractivity contribution in [3.05, 3.63) is 35.9 Å². The van der Waals surface area contributed by atoms with Crippen LogP contribution in [0.3, 0.4) is 0 Å². The summed E-state index contributed by atoms with van der Waals surface area (Å²) in [6.45, 7) is 0.220. The van der Waals surface area contributed by atoms with Crippen LogP contribution in [0.2, 0.25) is 0 Å². The summed E-state index contributed by atoms with van der Waals surface area (Å²) in [4.78, 5) is 27.6. The van der Waals surface area contributed by atoms with Crippen molar-refractivity contribution >= 4 is 27.7 Å². The first-order chi connectivity index (χ1) is 7.68. The van der Waals surface area contributed by atoms with Crippen molar-refractivity contribution in [1.29, 1.82) is 0 Å². The Hall–Kier alpha value is -1.20. The molecule has 1 aliphatic heterocycles. The van der Waals surface area contributed by atoms with E-state index in [2.05, 4.69) is 15.9 Å². The Morgan fingerprint density at radius 3 is 2.56 bits per heavy atom. The molecule has 0 aromatic heterocycles. The lowest BCUT2D eigenvalue weighted by Crippen LogP contribution is -2.30. The number of carbonyl (C=O) groups is 2. The summed E-state index contributed by atoms with van der Waals surface area (Å²) in [5.41, 5.74) is 0.918. The second kappa shape index (κ2) is 4.76. The number of hydrogen-bond donors (Lipinski definition) is 0. The highest BCUT2D eigenvalue weighted by atomic mass is 79.9. The van der Waals surface area contributed by atoms with Gasteiger partial charge >= 0.3 is 0 Å². The van der Waals surface area contributed by atoms with E-state index in [0.717, 1.165) is 10.6 Å². The van der Waals surface area contributed by atoms with E-state index in [-0.39, 0.29) is 24.8 Å². The first kappa shape index (κ1) is 11.3. The molecule has 4 nitrogen and oxygen atoms in total. The Bertz CT molecular complexity index is 407. The Morgan fingerprint density at radius 2 is 2.00 bits per heavy atom. The van der Waals surface area contributed by atoms with Crippen LogP contribution in [0, 0.1) is 0 Å². The van der Waals surface area contributed by atoms with Crippen LogP contribution in [0.25, 0.3) is 0 Å². The van der Waals surface area contributed by atoms with Gasteiger partial charge in [0.25, 0.3) is 11.8 Å². The van der Waals surface area contributed by atoms with Gasteiger partial charge in [-0.3, -0.25) is 14.4 Å². The smallest absolute Gasteiger partial charge is 0.267 e. The van der Waals surface area contributed by atoms with Gasteiger partial charge in [0.05, 0.1) is 6.42 Å². The third-order valence-electron chi connectivity index (χ3n) is 2.25. The lowest BCUT2D eigenvalue weighted by molar-refractivity contribution is -0.191. The van der Waals surface area contributed by atoms with Gasteiger partial charge in [0.15, 0.2) is 0 Å². The van der Waals surface area contributed by atoms with Gasteiger partial charge in [-0.2, -0.15) is 5.06 Å². The van der Waals surface area contributed by atoms with Crippen molar-refractivity contribution in [2.75, 3.05) is 0 Å². The van der Waals surface area contributed by atoms with Crippen LogP contribution in [0.4, 0.5) is 0 Å². The van der Waals surface area contributed by atoms with E-state index in [0.29, 0.717) is 0 Å². The van der Waals surface area contributed by atoms with Crippen LogP contribution in [0.5, 0.6) is 0 Å². The molecule has 0 N–H and O–H groups in total. The fourth-order valence-corrected chi connectivity index (χ4v) is 1.89. The molecule has 0 saturated carbocycles. The molecule has 5 heteroatoms. The van der Waals surface area contributed by atoms with E-state index in [9.17, 15) is 9.59 Å². The molecule has 2 amide bonds. The summed E-state index contributed by atoms with van der Waals surface area (Å²) in [5, 5.41) is 0.840. The van der Waals surface area contributed by atoms with E-state index >= 15 is 0 Å². The topological polar surface area (TPSA) is 46.6 Å². The molecule has 1 aromatic rings. The first-order valence-corrected chi connectivity index (χ1v) is 5.78. The fourth-order valence-electron chi connectivity index (χ4n) is 1.42. The number of benzene rings is 1. The molecule has 2 rings (SSSR count). The summed E-state index contributed by atoms with van der Waals surface area (Å²) in [6.07, 6.45) is 0.160. The maximum atomic E-state index is 11.5. The highest BCUT2D eigenvalue weighted by Crippen LogP contribution is 2.20. The molecule has 0 spiro atoms. The summed E-state index contributed by atoms with van der Waals surface area (Å²) in [5.74, 6) is -0.635.